The number of hydrogen-bond donors (Lipinski definition) is 0. The first kappa shape index (κ1) is 29.4. The van der Waals surface area contributed by atoms with Crippen LogP contribution in [0.2, 0.25) is 0 Å². The molecule has 0 N–H and O–H groups in total. The summed E-state index contributed by atoms with van der Waals surface area (Å²) in [5, 5.41) is 13.0. The van der Waals surface area contributed by atoms with Crippen LogP contribution in [0.1, 0.15) is 22.3 Å². The molecule has 0 saturated carbocycles. The Hall–Kier alpha value is -7.02. The Morgan fingerprint density at radius 3 is 1.71 bits per heavy atom. The predicted molar refractivity (Wildman–Crippen MR) is 232 cm³/mol. The maximum absolute atomic E-state index is 2.52. The van der Waals surface area contributed by atoms with Crippen LogP contribution in [-0.4, -0.2) is 0 Å². The predicted octanol–water partition coefficient (Wildman–Crippen LogP) is 14.6. The van der Waals surface area contributed by atoms with Gasteiger partial charge in [0.2, 0.25) is 0 Å². The zero-order chi connectivity index (χ0) is 35.8. The van der Waals surface area contributed by atoms with Gasteiger partial charge in [0, 0.05) is 0 Å². The molecule has 2 aliphatic rings. The molecule has 0 atom stereocenters. The van der Waals surface area contributed by atoms with Crippen molar-refractivity contribution in [3.8, 4) is 44.5 Å². The van der Waals surface area contributed by atoms with Crippen LogP contribution in [0.4, 0.5) is 0 Å². The van der Waals surface area contributed by atoms with Crippen molar-refractivity contribution in [1.82, 2.24) is 0 Å². The van der Waals surface area contributed by atoms with Gasteiger partial charge in [-0.1, -0.05) is 170 Å². The van der Waals surface area contributed by atoms with E-state index in [1.165, 1.54) is 121 Å². The molecule has 0 amide bonds. The van der Waals surface area contributed by atoms with Crippen LogP contribution < -0.4 is 0 Å². The minimum absolute atomic E-state index is 0.388. The van der Waals surface area contributed by atoms with Crippen molar-refractivity contribution in [3.05, 3.63) is 216 Å². The van der Waals surface area contributed by atoms with Crippen molar-refractivity contribution in [2.45, 2.75) is 5.41 Å². The first-order chi connectivity index (χ1) is 27.3. The Bertz CT molecular complexity index is 3370. The lowest BCUT2D eigenvalue weighted by atomic mass is 9.70. The highest BCUT2D eigenvalue weighted by molar-refractivity contribution is 6.25. The zero-order valence-electron chi connectivity index (χ0n) is 30.0. The van der Waals surface area contributed by atoms with Crippen molar-refractivity contribution in [3.63, 3.8) is 0 Å². The summed E-state index contributed by atoms with van der Waals surface area (Å²) in [6.07, 6.45) is 0. The Morgan fingerprint density at radius 1 is 0.255 bits per heavy atom. The smallest absolute Gasteiger partial charge is 0.0619 e. The van der Waals surface area contributed by atoms with Crippen LogP contribution in [0.3, 0.4) is 0 Å². The van der Waals surface area contributed by atoms with Gasteiger partial charge >= 0.3 is 0 Å². The van der Waals surface area contributed by atoms with Gasteiger partial charge in [0.15, 0.2) is 0 Å². The number of benzene rings is 11. The second-order valence-electron chi connectivity index (χ2n) is 15.6. The fourth-order valence-corrected chi connectivity index (χ4v) is 10.7. The summed E-state index contributed by atoms with van der Waals surface area (Å²) in [6, 6.07) is 73.4. The lowest BCUT2D eigenvalue weighted by Crippen LogP contribution is -2.25. The molecule has 0 fully saturated rings. The molecule has 0 heterocycles. The normalized spacial score (nSPS) is 13.6. The van der Waals surface area contributed by atoms with E-state index in [1.807, 2.05) is 0 Å². The van der Waals surface area contributed by atoms with Crippen molar-refractivity contribution in [2.24, 2.45) is 0 Å². The Balaban J connectivity index is 1.03. The molecule has 55 heavy (non-hydrogen) atoms. The Labute approximate surface area is 318 Å². The average molecular weight is 693 g/mol. The second kappa shape index (κ2) is 10.6. The van der Waals surface area contributed by atoms with Gasteiger partial charge in [-0.3, -0.25) is 0 Å². The summed E-state index contributed by atoms with van der Waals surface area (Å²) in [4.78, 5) is 0. The van der Waals surface area contributed by atoms with Crippen LogP contribution in [0, 0.1) is 0 Å². The summed E-state index contributed by atoms with van der Waals surface area (Å²) in [5.74, 6) is 0. The molecule has 11 aromatic rings. The molecule has 0 aliphatic heterocycles. The molecule has 13 rings (SSSR count). The quantitative estimate of drug-likeness (QED) is 0.158. The molecule has 0 nitrogen and oxygen atoms in total. The van der Waals surface area contributed by atoms with Crippen LogP contribution in [-0.2, 0) is 5.41 Å². The molecular weight excluding hydrogens is 661 g/mol. The SMILES string of the molecule is c1cc(-c2ccc3cc4c(cc3c2)C2(c3ccccc3-c3ccccc32)c2ccc3ccccc3c2-4)cc(-c2ccc3ccc4cccc5ccc2c3c45)c1. The highest BCUT2D eigenvalue weighted by Crippen LogP contribution is 2.64. The molecular formula is C55H32. The van der Waals surface area contributed by atoms with Gasteiger partial charge in [-0.15, -0.1) is 0 Å². The summed E-state index contributed by atoms with van der Waals surface area (Å²) in [5.41, 5.74) is 15.5. The van der Waals surface area contributed by atoms with Gasteiger partial charge < -0.3 is 0 Å². The van der Waals surface area contributed by atoms with Crippen LogP contribution in [0.25, 0.3) is 98.4 Å². The summed E-state index contributed by atoms with van der Waals surface area (Å²) in [7, 11) is 0. The van der Waals surface area contributed by atoms with Crippen molar-refractivity contribution in [2.75, 3.05) is 0 Å². The largest absolute Gasteiger partial charge is 0.0725 e. The highest BCUT2D eigenvalue weighted by Gasteiger charge is 2.52. The molecule has 0 heteroatoms. The molecule has 0 aromatic heterocycles. The third-order valence-electron chi connectivity index (χ3n) is 13.0. The summed E-state index contributed by atoms with van der Waals surface area (Å²) < 4.78 is 0. The summed E-state index contributed by atoms with van der Waals surface area (Å²) in [6.45, 7) is 0. The van der Waals surface area contributed by atoms with Crippen molar-refractivity contribution >= 4 is 53.9 Å². The number of fused-ring (bicyclic) bond motifs is 13. The van der Waals surface area contributed by atoms with Gasteiger partial charge in [-0.2, -0.15) is 0 Å². The van der Waals surface area contributed by atoms with Crippen LogP contribution in [0.5, 0.6) is 0 Å². The molecule has 2 aliphatic carbocycles. The molecule has 1 spiro atoms. The monoisotopic (exact) mass is 692 g/mol. The Morgan fingerprint density at radius 2 is 0.873 bits per heavy atom. The van der Waals surface area contributed by atoms with Gasteiger partial charge in [0.05, 0.1) is 5.41 Å². The van der Waals surface area contributed by atoms with E-state index in [9.17, 15) is 0 Å². The second-order valence-corrected chi connectivity index (χ2v) is 15.6. The van der Waals surface area contributed by atoms with E-state index >= 15 is 0 Å². The average Bonchev–Trinajstić information content (AvgIpc) is 3.71. The third kappa shape index (κ3) is 3.76. The van der Waals surface area contributed by atoms with Gasteiger partial charge in [-0.05, 0) is 145 Å². The molecule has 0 unspecified atom stereocenters. The lowest BCUT2D eigenvalue weighted by molar-refractivity contribution is 0.795. The number of hydrogen-bond acceptors (Lipinski definition) is 0. The van der Waals surface area contributed by atoms with Crippen LogP contribution in [0.15, 0.2) is 194 Å². The highest BCUT2D eigenvalue weighted by atomic mass is 14.5. The standard InChI is InChI=1S/C55H32/c1-2-14-43-33(9-1)25-28-50-54(43)47-31-39-22-21-38(30-41(39)32-51(47)55(50)48-17-5-3-15-44(48)45-16-4-6-18-49(45)55)37-12-8-13-40(29-37)42-26-23-36-20-19-34-10-7-11-35-24-27-46(42)53(36)52(34)35/h1-32H. The molecule has 11 aromatic carbocycles. The van der Waals surface area contributed by atoms with Crippen molar-refractivity contribution in [1.29, 1.82) is 0 Å². The van der Waals surface area contributed by atoms with E-state index in [-0.39, 0.29) is 5.41 Å². The molecule has 0 radical (unpaired) electrons. The van der Waals surface area contributed by atoms with Gasteiger partial charge in [0.25, 0.3) is 0 Å². The minimum atomic E-state index is -0.388. The van der Waals surface area contributed by atoms with Crippen molar-refractivity contribution < 1.29 is 0 Å². The van der Waals surface area contributed by atoms with E-state index < -0.39 is 0 Å². The zero-order valence-corrected chi connectivity index (χ0v) is 30.0. The minimum Gasteiger partial charge on any atom is -0.0619 e. The first-order valence-corrected chi connectivity index (χ1v) is 19.3. The summed E-state index contributed by atoms with van der Waals surface area (Å²) >= 11 is 0. The molecule has 0 saturated heterocycles. The van der Waals surface area contributed by atoms with E-state index in [4.69, 9.17) is 0 Å². The molecule has 0 bridgehead atoms. The molecule has 252 valence electrons. The number of rotatable bonds is 2. The van der Waals surface area contributed by atoms with Gasteiger partial charge in [0.1, 0.15) is 0 Å². The lowest BCUT2D eigenvalue weighted by Gasteiger charge is -2.30. The van der Waals surface area contributed by atoms with E-state index in [2.05, 4.69) is 194 Å². The fourth-order valence-electron chi connectivity index (χ4n) is 10.7. The van der Waals surface area contributed by atoms with E-state index in [0.717, 1.165) is 0 Å². The maximum atomic E-state index is 2.52. The first-order valence-electron chi connectivity index (χ1n) is 19.3. The third-order valence-corrected chi connectivity index (χ3v) is 13.0. The van der Waals surface area contributed by atoms with Crippen LogP contribution >= 0.6 is 0 Å². The maximum Gasteiger partial charge on any atom is 0.0725 e. The fraction of sp³-hybridized carbons (Fsp3) is 0.0182. The van der Waals surface area contributed by atoms with Gasteiger partial charge in [-0.25, -0.2) is 0 Å². The van der Waals surface area contributed by atoms with E-state index in [0.29, 0.717) is 0 Å². The topological polar surface area (TPSA) is 0 Å². The van der Waals surface area contributed by atoms with E-state index in [1.54, 1.807) is 0 Å². The Kier molecular flexibility index (Phi) is 5.65.